The third-order valence-electron chi connectivity index (χ3n) is 7.28. The van der Waals surface area contributed by atoms with Crippen molar-refractivity contribution in [2.24, 2.45) is 0 Å². The maximum absolute atomic E-state index is 12.7. The van der Waals surface area contributed by atoms with Crippen molar-refractivity contribution in [2.75, 3.05) is 57.4 Å². The number of para-hydroxylation sites is 1. The molecule has 5 rings (SSSR count). The fourth-order valence-electron chi connectivity index (χ4n) is 5.21. The van der Waals surface area contributed by atoms with Gasteiger partial charge in [-0.3, -0.25) is 4.90 Å². The van der Waals surface area contributed by atoms with E-state index in [2.05, 4.69) is 46.7 Å². The molecule has 0 spiro atoms. The predicted octanol–water partition coefficient (Wildman–Crippen LogP) is 4.49. The molecule has 2 aliphatic heterocycles. The Morgan fingerprint density at radius 3 is 2.58 bits per heavy atom. The van der Waals surface area contributed by atoms with Gasteiger partial charge in [-0.1, -0.05) is 55.1 Å². The van der Waals surface area contributed by atoms with Gasteiger partial charge in [0.25, 0.3) is 0 Å². The molecule has 3 heterocycles. The van der Waals surface area contributed by atoms with E-state index >= 15 is 0 Å². The van der Waals surface area contributed by atoms with E-state index in [1.165, 1.54) is 15.7 Å². The van der Waals surface area contributed by atoms with Crippen LogP contribution in [-0.2, 0) is 22.7 Å². The lowest BCUT2D eigenvalue weighted by atomic mass is 10.0. The third-order valence-corrected chi connectivity index (χ3v) is 7.28. The maximum Gasteiger partial charge on any atom is 0.422 e. The normalized spacial score (nSPS) is 17.1. The Balaban J connectivity index is 1.23. The number of fused-ring (bicyclic) bond motifs is 1. The van der Waals surface area contributed by atoms with E-state index < -0.39 is 11.8 Å². The number of amides is 1. The zero-order valence-electron chi connectivity index (χ0n) is 23.0. The van der Waals surface area contributed by atoms with Crippen LogP contribution in [0.1, 0.15) is 18.1 Å². The summed E-state index contributed by atoms with van der Waals surface area (Å²) in [4.78, 5) is 31.4. The number of ether oxygens (including phenoxy) is 2. The second-order valence-electron chi connectivity index (χ2n) is 9.88. The van der Waals surface area contributed by atoms with Crippen molar-refractivity contribution in [3.8, 4) is 0 Å². The van der Waals surface area contributed by atoms with Gasteiger partial charge in [-0.25, -0.2) is 14.2 Å². The summed E-state index contributed by atoms with van der Waals surface area (Å²) in [6.45, 7) is 11.8. The summed E-state index contributed by atoms with van der Waals surface area (Å²) in [6, 6.07) is 14.3. The molecular weight excluding hydrogens is 508 g/mol. The third kappa shape index (κ3) is 6.21. The molecule has 9 nitrogen and oxygen atoms in total. The van der Waals surface area contributed by atoms with Gasteiger partial charge in [0.1, 0.15) is 0 Å². The van der Waals surface area contributed by atoms with Crippen molar-refractivity contribution < 1.29 is 18.7 Å². The smallest absolute Gasteiger partial charge is 0.422 e. The molecule has 9 heteroatoms. The van der Waals surface area contributed by atoms with Crippen LogP contribution in [0.2, 0.25) is 0 Å². The second kappa shape index (κ2) is 12.8. The number of piperazine rings is 1. The first-order valence-corrected chi connectivity index (χ1v) is 13.7. The largest absolute Gasteiger partial charge is 0.427 e. The number of oxazole rings is 1. The topological polar surface area (TPSA) is 80.4 Å². The summed E-state index contributed by atoms with van der Waals surface area (Å²) in [5.41, 5.74) is 5.59. The number of carbonyl (C=O) groups is 1. The fraction of sp³-hybridized carbons (Fsp3) is 0.355. The first-order valence-electron chi connectivity index (χ1n) is 13.7. The van der Waals surface area contributed by atoms with Gasteiger partial charge >= 0.3 is 11.8 Å². The van der Waals surface area contributed by atoms with Crippen molar-refractivity contribution in [3.05, 3.63) is 95.0 Å². The number of benzene rings is 2. The molecule has 2 fully saturated rings. The van der Waals surface area contributed by atoms with E-state index in [1.54, 1.807) is 4.90 Å². The molecule has 210 valence electrons. The Morgan fingerprint density at radius 2 is 1.82 bits per heavy atom. The van der Waals surface area contributed by atoms with Crippen molar-refractivity contribution in [2.45, 2.75) is 20.2 Å². The van der Waals surface area contributed by atoms with E-state index in [-0.39, 0.29) is 6.73 Å². The average Bonchev–Trinajstić information content (AvgIpc) is 3.31. The summed E-state index contributed by atoms with van der Waals surface area (Å²) in [5, 5.41) is 0. The van der Waals surface area contributed by atoms with E-state index in [0.717, 1.165) is 44.0 Å². The highest BCUT2D eigenvalue weighted by Crippen LogP contribution is 2.28. The maximum atomic E-state index is 12.7. The molecule has 3 aromatic rings. The summed E-state index contributed by atoms with van der Waals surface area (Å²) < 4.78 is 17.7. The molecule has 40 heavy (non-hydrogen) atoms. The first-order chi connectivity index (χ1) is 19.6. The first kappa shape index (κ1) is 27.5. The highest BCUT2D eigenvalue weighted by molar-refractivity contribution is 5.87. The number of nitrogens with zero attached hydrogens (tertiary/aromatic N) is 4. The molecule has 0 aliphatic carbocycles. The Hall–Kier alpha value is -4.08. The number of rotatable bonds is 8. The SMILES string of the molecule is C=C/C=C(\C=C/C)c1cccc(CN2CCN(c3cccc4c3oc(=O)n4COC(=O)N3CCOCC3)CC2)c1. The van der Waals surface area contributed by atoms with E-state index in [4.69, 9.17) is 13.9 Å². The fourth-order valence-corrected chi connectivity index (χ4v) is 5.21. The van der Waals surface area contributed by atoms with Crippen molar-refractivity contribution >= 4 is 28.5 Å². The van der Waals surface area contributed by atoms with Crippen LogP contribution in [0, 0.1) is 0 Å². The number of morpholine rings is 1. The standard InChI is InChI=1S/C31H36N4O5/c1-3-7-25(8-4-2)26-10-5-9-24(21-26)22-32-13-15-33(16-14-32)27-11-6-12-28-29(27)40-31(37)35(28)23-39-30(36)34-17-19-38-20-18-34/h3-12,21H,1,13-20,22-23H2,2H3/b8-4-,25-7+. The van der Waals surface area contributed by atoms with Gasteiger partial charge in [-0.05, 0) is 41.8 Å². The predicted molar refractivity (Wildman–Crippen MR) is 156 cm³/mol. The number of carbonyl (C=O) groups excluding carboxylic acids is 1. The van der Waals surface area contributed by atoms with E-state index in [9.17, 15) is 9.59 Å². The molecule has 2 saturated heterocycles. The Morgan fingerprint density at radius 1 is 1.05 bits per heavy atom. The quantitative estimate of drug-likeness (QED) is 0.387. The van der Waals surface area contributed by atoms with Crippen LogP contribution in [0.4, 0.5) is 10.5 Å². The molecule has 0 bridgehead atoms. The van der Waals surface area contributed by atoms with E-state index in [1.807, 2.05) is 43.4 Å². The van der Waals surface area contributed by atoms with E-state index in [0.29, 0.717) is 37.4 Å². The van der Waals surface area contributed by atoms with Gasteiger partial charge in [-0.15, -0.1) is 0 Å². The van der Waals surface area contributed by atoms with Crippen LogP contribution in [-0.4, -0.2) is 72.9 Å². The summed E-state index contributed by atoms with van der Waals surface area (Å²) in [5.74, 6) is -0.543. The minimum absolute atomic E-state index is 0.198. The molecule has 0 unspecified atom stereocenters. The van der Waals surface area contributed by atoms with Gasteiger partial charge in [0.05, 0.1) is 24.4 Å². The molecule has 2 aromatic carbocycles. The summed E-state index contributed by atoms with van der Waals surface area (Å²) in [7, 11) is 0. The van der Waals surface area contributed by atoms with Gasteiger partial charge in [0, 0.05) is 45.8 Å². The number of allylic oxidation sites excluding steroid dienone is 5. The minimum atomic E-state index is -0.543. The van der Waals surface area contributed by atoms with Gasteiger partial charge < -0.3 is 23.7 Å². The van der Waals surface area contributed by atoms with Crippen molar-refractivity contribution in [1.82, 2.24) is 14.4 Å². The Labute approximate surface area is 234 Å². The molecule has 0 N–H and O–H groups in total. The van der Waals surface area contributed by atoms with Crippen LogP contribution >= 0.6 is 0 Å². The van der Waals surface area contributed by atoms with Crippen LogP contribution in [0.25, 0.3) is 16.7 Å². The monoisotopic (exact) mass is 544 g/mol. The van der Waals surface area contributed by atoms with Gasteiger partial charge in [0.2, 0.25) is 0 Å². The van der Waals surface area contributed by atoms with Crippen LogP contribution < -0.4 is 10.7 Å². The van der Waals surface area contributed by atoms with Crippen molar-refractivity contribution in [3.63, 3.8) is 0 Å². The Kier molecular flexibility index (Phi) is 8.83. The highest BCUT2D eigenvalue weighted by Gasteiger charge is 2.23. The number of hydrogen-bond donors (Lipinski definition) is 0. The molecule has 2 aliphatic rings. The zero-order valence-corrected chi connectivity index (χ0v) is 23.0. The Bertz CT molecular complexity index is 1460. The molecule has 1 amide bonds. The number of aromatic nitrogens is 1. The molecule has 1 aromatic heterocycles. The average molecular weight is 545 g/mol. The minimum Gasteiger partial charge on any atom is -0.427 e. The summed E-state index contributed by atoms with van der Waals surface area (Å²) >= 11 is 0. The molecule has 0 saturated carbocycles. The summed E-state index contributed by atoms with van der Waals surface area (Å²) in [6.07, 6.45) is 7.52. The van der Waals surface area contributed by atoms with Crippen molar-refractivity contribution in [1.29, 1.82) is 0 Å². The van der Waals surface area contributed by atoms with Crippen LogP contribution in [0.3, 0.4) is 0 Å². The highest BCUT2D eigenvalue weighted by atomic mass is 16.6. The van der Waals surface area contributed by atoms with Crippen LogP contribution in [0.5, 0.6) is 0 Å². The second-order valence-corrected chi connectivity index (χ2v) is 9.88. The lowest BCUT2D eigenvalue weighted by molar-refractivity contribution is 0.0175. The lowest BCUT2D eigenvalue weighted by Crippen LogP contribution is -2.46. The number of hydrogen-bond acceptors (Lipinski definition) is 7. The van der Waals surface area contributed by atoms with Crippen LogP contribution in [0.15, 0.2) is 82.6 Å². The zero-order chi connectivity index (χ0) is 27.9. The molecule has 0 atom stereocenters. The molecule has 0 radical (unpaired) electrons. The van der Waals surface area contributed by atoms with Gasteiger partial charge in [0.15, 0.2) is 12.3 Å². The lowest BCUT2D eigenvalue weighted by Gasteiger charge is -2.36. The molecular formula is C31H36N4O5. The van der Waals surface area contributed by atoms with Gasteiger partial charge in [-0.2, -0.15) is 0 Å². The number of anilines is 1.